The molecule has 2 N–H and O–H groups in total. The Hall–Kier alpha value is -3.18. The van der Waals surface area contributed by atoms with Crippen molar-refractivity contribution in [3.05, 3.63) is 95.6 Å². The smallest absolute Gasteiger partial charge is 0.257 e. The second kappa shape index (κ2) is 8.96. The fourth-order valence-electron chi connectivity index (χ4n) is 2.53. The van der Waals surface area contributed by atoms with Gasteiger partial charge in [0.2, 0.25) is 0 Å². The van der Waals surface area contributed by atoms with Crippen LogP contribution in [0.5, 0.6) is 5.75 Å². The monoisotopic (exact) mass is 376 g/mol. The number of rotatable bonds is 5. The highest BCUT2D eigenvalue weighted by Gasteiger charge is 2.09. The molecule has 0 heterocycles. The number of hydrogen-bond donors (Lipinski definition) is 2. The highest BCUT2D eigenvalue weighted by atomic mass is 32.1. The minimum absolute atomic E-state index is 0.251. The van der Waals surface area contributed by atoms with E-state index in [4.69, 9.17) is 17.0 Å². The first-order valence-corrected chi connectivity index (χ1v) is 8.97. The summed E-state index contributed by atoms with van der Waals surface area (Å²) in [4.78, 5) is 12.4. The highest BCUT2D eigenvalue weighted by molar-refractivity contribution is 7.80. The SMILES string of the molecule is Cc1cccc(NC(=S)NC(=O)c2cccc(OCc3ccccc3)c2)c1. The Bertz CT molecular complexity index is 942. The molecule has 0 spiro atoms. The molecule has 1 amide bonds. The van der Waals surface area contributed by atoms with Crippen LogP contribution in [-0.4, -0.2) is 11.0 Å². The molecule has 4 nitrogen and oxygen atoms in total. The zero-order valence-electron chi connectivity index (χ0n) is 14.9. The van der Waals surface area contributed by atoms with Gasteiger partial charge in [-0.25, -0.2) is 0 Å². The van der Waals surface area contributed by atoms with Crippen LogP contribution >= 0.6 is 12.2 Å². The van der Waals surface area contributed by atoms with Gasteiger partial charge < -0.3 is 10.1 Å². The predicted octanol–water partition coefficient (Wildman–Crippen LogP) is 4.70. The summed E-state index contributed by atoms with van der Waals surface area (Å²) >= 11 is 5.23. The van der Waals surface area contributed by atoms with E-state index in [-0.39, 0.29) is 11.0 Å². The average molecular weight is 376 g/mol. The molecule has 0 radical (unpaired) electrons. The van der Waals surface area contributed by atoms with Crippen molar-refractivity contribution in [1.82, 2.24) is 5.32 Å². The standard InChI is InChI=1S/C22H20N2O2S/c1-16-7-5-11-19(13-16)23-22(27)24-21(25)18-10-6-12-20(14-18)26-15-17-8-3-2-4-9-17/h2-14H,15H2,1H3,(H2,23,24,25,27). The van der Waals surface area contributed by atoms with Crippen molar-refractivity contribution >= 4 is 28.9 Å². The van der Waals surface area contributed by atoms with E-state index in [9.17, 15) is 4.79 Å². The molecule has 5 heteroatoms. The molecule has 0 bridgehead atoms. The Morgan fingerprint density at radius 2 is 1.74 bits per heavy atom. The summed E-state index contributed by atoms with van der Waals surface area (Å²) in [5.41, 5.74) is 3.49. The molecule has 3 aromatic rings. The molecule has 0 aliphatic carbocycles. The third-order valence-corrected chi connectivity index (χ3v) is 4.05. The van der Waals surface area contributed by atoms with Gasteiger partial charge in [0.15, 0.2) is 5.11 Å². The molecular formula is C22H20N2O2S. The van der Waals surface area contributed by atoms with E-state index in [2.05, 4.69) is 10.6 Å². The Morgan fingerprint density at radius 3 is 2.52 bits per heavy atom. The predicted molar refractivity (Wildman–Crippen MR) is 112 cm³/mol. The maximum Gasteiger partial charge on any atom is 0.257 e. The molecule has 0 atom stereocenters. The number of benzene rings is 3. The number of carbonyl (C=O) groups excluding carboxylic acids is 1. The van der Waals surface area contributed by atoms with Crippen molar-refractivity contribution in [2.24, 2.45) is 0 Å². The lowest BCUT2D eigenvalue weighted by atomic mass is 10.2. The lowest BCUT2D eigenvalue weighted by Crippen LogP contribution is -2.34. The van der Waals surface area contributed by atoms with Crippen molar-refractivity contribution in [2.75, 3.05) is 5.32 Å². The molecule has 0 saturated heterocycles. The molecule has 136 valence electrons. The summed E-state index contributed by atoms with van der Waals surface area (Å²) in [5, 5.41) is 5.96. The summed E-state index contributed by atoms with van der Waals surface area (Å²) < 4.78 is 5.77. The van der Waals surface area contributed by atoms with Gasteiger partial charge in [-0.2, -0.15) is 0 Å². The van der Waals surface area contributed by atoms with Gasteiger partial charge in [0, 0.05) is 11.3 Å². The number of anilines is 1. The number of hydrogen-bond acceptors (Lipinski definition) is 3. The molecule has 0 saturated carbocycles. The van der Waals surface area contributed by atoms with E-state index in [1.807, 2.05) is 67.6 Å². The first kappa shape index (κ1) is 18.6. The molecule has 27 heavy (non-hydrogen) atoms. The van der Waals surface area contributed by atoms with Gasteiger partial charge in [-0.05, 0) is 60.6 Å². The lowest BCUT2D eigenvalue weighted by molar-refractivity contribution is 0.0977. The maximum absolute atomic E-state index is 12.4. The lowest BCUT2D eigenvalue weighted by Gasteiger charge is -2.11. The van der Waals surface area contributed by atoms with Crippen LogP contribution in [0, 0.1) is 6.92 Å². The molecule has 0 aliphatic rings. The van der Waals surface area contributed by atoms with Gasteiger partial charge in [-0.3, -0.25) is 10.1 Å². The summed E-state index contributed by atoms with van der Waals surface area (Å²) in [7, 11) is 0. The van der Waals surface area contributed by atoms with Crippen molar-refractivity contribution in [1.29, 1.82) is 0 Å². The van der Waals surface area contributed by atoms with Gasteiger partial charge in [0.25, 0.3) is 5.91 Å². The average Bonchev–Trinajstić information content (AvgIpc) is 2.67. The van der Waals surface area contributed by atoms with Gasteiger partial charge in [0.05, 0.1) is 0 Å². The largest absolute Gasteiger partial charge is 0.489 e. The van der Waals surface area contributed by atoms with Crippen molar-refractivity contribution in [3.8, 4) is 5.75 Å². The van der Waals surface area contributed by atoms with Gasteiger partial charge >= 0.3 is 0 Å². The van der Waals surface area contributed by atoms with Gasteiger partial charge in [-0.15, -0.1) is 0 Å². The van der Waals surface area contributed by atoms with Crippen LogP contribution in [0.1, 0.15) is 21.5 Å². The van der Waals surface area contributed by atoms with E-state index in [1.54, 1.807) is 18.2 Å². The first-order valence-electron chi connectivity index (χ1n) is 8.56. The third kappa shape index (κ3) is 5.66. The van der Waals surface area contributed by atoms with Crippen molar-refractivity contribution in [3.63, 3.8) is 0 Å². The zero-order valence-corrected chi connectivity index (χ0v) is 15.8. The topological polar surface area (TPSA) is 50.4 Å². The van der Waals surface area contributed by atoms with Crippen LogP contribution < -0.4 is 15.4 Å². The Kier molecular flexibility index (Phi) is 6.18. The van der Waals surface area contributed by atoms with E-state index < -0.39 is 0 Å². The Morgan fingerprint density at radius 1 is 0.963 bits per heavy atom. The van der Waals surface area contributed by atoms with Crippen LogP contribution in [0.2, 0.25) is 0 Å². The van der Waals surface area contributed by atoms with Crippen LogP contribution in [0.4, 0.5) is 5.69 Å². The quantitative estimate of drug-likeness (QED) is 0.634. The minimum atomic E-state index is -0.287. The summed E-state index contributed by atoms with van der Waals surface area (Å²) in [5.74, 6) is 0.342. The maximum atomic E-state index is 12.4. The van der Waals surface area contributed by atoms with Crippen molar-refractivity contribution < 1.29 is 9.53 Å². The molecule has 0 fully saturated rings. The minimum Gasteiger partial charge on any atom is -0.489 e. The molecular weight excluding hydrogens is 356 g/mol. The number of nitrogens with one attached hydrogen (secondary N) is 2. The summed E-state index contributed by atoms with van der Waals surface area (Å²) in [6.45, 7) is 2.44. The highest BCUT2D eigenvalue weighted by Crippen LogP contribution is 2.15. The summed E-state index contributed by atoms with van der Waals surface area (Å²) in [6, 6.07) is 24.7. The van der Waals surface area contributed by atoms with Crippen LogP contribution in [0.25, 0.3) is 0 Å². The van der Waals surface area contributed by atoms with E-state index in [0.29, 0.717) is 17.9 Å². The van der Waals surface area contributed by atoms with E-state index in [1.165, 1.54) is 0 Å². The molecule has 0 aromatic heterocycles. The molecule has 0 unspecified atom stereocenters. The molecule has 3 aromatic carbocycles. The number of carbonyl (C=O) groups is 1. The second-order valence-corrected chi connectivity index (χ2v) is 6.49. The first-order chi connectivity index (χ1) is 13.1. The Balaban J connectivity index is 1.58. The Labute approximate surface area is 164 Å². The second-order valence-electron chi connectivity index (χ2n) is 6.08. The van der Waals surface area contributed by atoms with Crippen LogP contribution in [0.3, 0.4) is 0 Å². The zero-order chi connectivity index (χ0) is 19.1. The van der Waals surface area contributed by atoms with Crippen molar-refractivity contribution in [2.45, 2.75) is 13.5 Å². The normalized spacial score (nSPS) is 10.1. The van der Waals surface area contributed by atoms with E-state index >= 15 is 0 Å². The van der Waals surface area contributed by atoms with Gasteiger partial charge in [-0.1, -0.05) is 48.5 Å². The van der Waals surface area contributed by atoms with Crippen LogP contribution in [-0.2, 0) is 6.61 Å². The fraction of sp³-hybridized carbons (Fsp3) is 0.0909. The van der Waals surface area contributed by atoms with Crippen LogP contribution in [0.15, 0.2) is 78.9 Å². The fourth-order valence-corrected chi connectivity index (χ4v) is 2.74. The number of thiocarbonyl (C=S) groups is 1. The number of ether oxygens (including phenoxy) is 1. The molecule has 3 rings (SSSR count). The number of amides is 1. The third-order valence-electron chi connectivity index (χ3n) is 3.85. The summed E-state index contributed by atoms with van der Waals surface area (Å²) in [6.07, 6.45) is 0. The van der Waals surface area contributed by atoms with E-state index in [0.717, 1.165) is 16.8 Å². The molecule has 0 aliphatic heterocycles. The van der Waals surface area contributed by atoms with Gasteiger partial charge in [0.1, 0.15) is 12.4 Å². The number of aryl methyl sites for hydroxylation is 1.